The Bertz CT molecular complexity index is 883. The molecule has 5 nitrogen and oxygen atoms in total. The van der Waals surface area contributed by atoms with Crippen molar-refractivity contribution in [3.63, 3.8) is 0 Å². The molecule has 0 N–H and O–H groups in total. The van der Waals surface area contributed by atoms with E-state index in [2.05, 4.69) is 27.3 Å². The van der Waals surface area contributed by atoms with Crippen LogP contribution in [0.2, 0.25) is 0 Å². The monoisotopic (exact) mass is 456 g/mol. The highest BCUT2D eigenvalue weighted by molar-refractivity contribution is 7.09. The van der Waals surface area contributed by atoms with Crippen LogP contribution in [0.4, 0.5) is 0 Å². The van der Waals surface area contributed by atoms with Gasteiger partial charge in [-0.3, -0.25) is 4.79 Å². The summed E-state index contributed by atoms with van der Waals surface area (Å²) >= 11 is 1.87. The highest BCUT2D eigenvalue weighted by Gasteiger charge is 2.27. The van der Waals surface area contributed by atoms with Gasteiger partial charge in [-0.1, -0.05) is 6.07 Å². The molecule has 2 aliphatic heterocycles. The Balaban J connectivity index is 1.28. The van der Waals surface area contributed by atoms with Crippen LogP contribution in [0, 0.1) is 5.92 Å². The topological polar surface area (TPSA) is 42.0 Å². The van der Waals surface area contributed by atoms with Crippen molar-refractivity contribution in [2.45, 2.75) is 44.9 Å². The standard InChI is InChI=1S/C26H36N2O3S/c1-30-24-15-21-10-13-28(26(29)17-22(21)16-25(24)31-2)19-20-7-5-12-27(18-20)11-4-3-8-23-9-6-14-32-23/h6,9,14-16,20H,3-5,7-8,10-13,17-19H2,1-2H3. The number of thiophene rings is 1. The molecular formula is C26H36N2O3S. The molecule has 1 unspecified atom stereocenters. The van der Waals surface area contributed by atoms with Gasteiger partial charge in [-0.15, -0.1) is 11.3 Å². The quantitative estimate of drug-likeness (QED) is 0.524. The lowest BCUT2D eigenvalue weighted by Gasteiger charge is -2.35. The van der Waals surface area contributed by atoms with E-state index in [1.54, 1.807) is 14.2 Å². The van der Waals surface area contributed by atoms with Gasteiger partial charge in [-0.2, -0.15) is 0 Å². The predicted molar refractivity (Wildman–Crippen MR) is 130 cm³/mol. The number of hydrogen-bond donors (Lipinski definition) is 0. The summed E-state index contributed by atoms with van der Waals surface area (Å²) < 4.78 is 10.9. The van der Waals surface area contributed by atoms with Crippen LogP contribution in [0.3, 0.4) is 0 Å². The molecule has 0 bridgehead atoms. The number of methoxy groups -OCH3 is 2. The zero-order chi connectivity index (χ0) is 22.3. The fourth-order valence-corrected chi connectivity index (χ4v) is 5.86. The third kappa shape index (κ3) is 5.84. The number of amides is 1. The second-order valence-corrected chi connectivity index (χ2v) is 10.1. The molecule has 1 amide bonds. The number of nitrogens with zero attached hydrogens (tertiary/aromatic N) is 2. The van der Waals surface area contributed by atoms with Gasteiger partial charge in [0.15, 0.2) is 11.5 Å². The Hall–Kier alpha value is -2.05. The third-order valence-corrected chi connectivity index (χ3v) is 7.80. The minimum atomic E-state index is 0.240. The van der Waals surface area contributed by atoms with E-state index in [-0.39, 0.29) is 5.91 Å². The van der Waals surface area contributed by atoms with Crippen molar-refractivity contribution in [1.82, 2.24) is 9.80 Å². The first kappa shape index (κ1) is 23.1. The summed E-state index contributed by atoms with van der Waals surface area (Å²) in [7, 11) is 3.31. The average molecular weight is 457 g/mol. The molecule has 3 heterocycles. The number of fused-ring (bicyclic) bond motifs is 1. The number of rotatable bonds is 9. The lowest BCUT2D eigenvalue weighted by atomic mass is 9.97. The lowest BCUT2D eigenvalue weighted by Crippen LogP contribution is -2.43. The van der Waals surface area contributed by atoms with Crippen molar-refractivity contribution in [1.29, 1.82) is 0 Å². The van der Waals surface area contributed by atoms with Crippen LogP contribution in [0.25, 0.3) is 0 Å². The molecule has 32 heavy (non-hydrogen) atoms. The summed E-state index contributed by atoms with van der Waals surface area (Å²) in [5.74, 6) is 2.27. The summed E-state index contributed by atoms with van der Waals surface area (Å²) in [6, 6.07) is 8.41. The van der Waals surface area contributed by atoms with Gasteiger partial charge < -0.3 is 19.3 Å². The van der Waals surface area contributed by atoms with Crippen molar-refractivity contribution < 1.29 is 14.3 Å². The van der Waals surface area contributed by atoms with Crippen LogP contribution in [0.1, 0.15) is 41.7 Å². The molecule has 0 spiro atoms. The molecule has 2 aliphatic rings. The van der Waals surface area contributed by atoms with E-state index < -0.39 is 0 Å². The molecule has 1 aromatic heterocycles. The molecule has 2 aromatic rings. The highest BCUT2D eigenvalue weighted by Crippen LogP contribution is 2.32. The molecule has 0 radical (unpaired) electrons. The van der Waals surface area contributed by atoms with Crippen molar-refractivity contribution in [2.24, 2.45) is 5.92 Å². The SMILES string of the molecule is COc1cc2c(cc1OC)CC(=O)N(CC1CCCN(CCCCc3cccs3)C1)CC2. The van der Waals surface area contributed by atoms with Gasteiger partial charge in [0.1, 0.15) is 0 Å². The van der Waals surface area contributed by atoms with Gasteiger partial charge in [0.2, 0.25) is 5.91 Å². The van der Waals surface area contributed by atoms with Crippen molar-refractivity contribution >= 4 is 17.2 Å². The molecule has 1 aromatic carbocycles. The minimum Gasteiger partial charge on any atom is -0.493 e. The smallest absolute Gasteiger partial charge is 0.227 e. The van der Waals surface area contributed by atoms with Crippen LogP contribution >= 0.6 is 11.3 Å². The molecular weight excluding hydrogens is 420 g/mol. The van der Waals surface area contributed by atoms with Crippen LogP contribution in [0.15, 0.2) is 29.6 Å². The molecule has 0 aliphatic carbocycles. The minimum absolute atomic E-state index is 0.240. The summed E-state index contributed by atoms with van der Waals surface area (Å²) in [4.78, 5) is 19.3. The van der Waals surface area contributed by atoms with E-state index in [9.17, 15) is 4.79 Å². The normalized spacial score (nSPS) is 19.5. The Kier molecular flexibility index (Phi) is 8.09. The molecule has 0 saturated carbocycles. The van der Waals surface area contributed by atoms with Gasteiger partial charge >= 0.3 is 0 Å². The number of likely N-dealkylation sites (tertiary alicyclic amines) is 1. The summed E-state index contributed by atoms with van der Waals surface area (Å²) in [5, 5.41) is 2.17. The van der Waals surface area contributed by atoms with E-state index in [4.69, 9.17) is 9.47 Å². The largest absolute Gasteiger partial charge is 0.493 e. The maximum absolute atomic E-state index is 13.1. The van der Waals surface area contributed by atoms with Crippen molar-refractivity contribution in [3.8, 4) is 11.5 Å². The molecule has 1 fully saturated rings. The second kappa shape index (κ2) is 11.2. The van der Waals surface area contributed by atoms with Crippen LogP contribution in [-0.2, 0) is 24.1 Å². The first-order valence-electron chi connectivity index (χ1n) is 11.9. The van der Waals surface area contributed by atoms with Crippen molar-refractivity contribution in [2.75, 3.05) is 46.9 Å². The van der Waals surface area contributed by atoms with Gasteiger partial charge in [0, 0.05) is 24.5 Å². The number of carbonyl (C=O) groups is 1. The van der Waals surface area contributed by atoms with Gasteiger partial charge in [0.25, 0.3) is 0 Å². The molecule has 1 saturated heterocycles. The lowest BCUT2D eigenvalue weighted by molar-refractivity contribution is -0.131. The zero-order valence-electron chi connectivity index (χ0n) is 19.5. The molecule has 6 heteroatoms. The second-order valence-electron chi connectivity index (χ2n) is 9.09. The summed E-state index contributed by atoms with van der Waals surface area (Å²) in [6.07, 6.45) is 7.52. The molecule has 4 rings (SSSR count). The van der Waals surface area contributed by atoms with Crippen molar-refractivity contribution in [3.05, 3.63) is 45.6 Å². The van der Waals surface area contributed by atoms with Gasteiger partial charge in [-0.25, -0.2) is 0 Å². The number of hydrogen-bond acceptors (Lipinski definition) is 5. The maximum atomic E-state index is 13.1. The Labute approximate surface area is 196 Å². The Morgan fingerprint density at radius 3 is 2.66 bits per heavy atom. The maximum Gasteiger partial charge on any atom is 0.227 e. The summed E-state index contributed by atoms with van der Waals surface area (Å²) in [6.45, 7) is 5.18. The van der Waals surface area contributed by atoms with Crippen LogP contribution < -0.4 is 9.47 Å². The first-order valence-corrected chi connectivity index (χ1v) is 12.8. The number of ether oxygens (including phenoxy) is 2. The average Bonchev–Trinajstić information content (AvgIpc) is 3.28. The Morgan fingerprint density at radius 1 is 1.09 bits per heavy atom. The molecule has 174 valence electrons. The van der Waals surface area contributed by atoms with Gasteiger partial charge in [0.05, 0.1) is 20.6 Å². The number of aryl methyl sites for hydroxylation is 1. The van der Waals surface area contributed by atoms with E-state index in [1.165, 1.54) is 55.6 Å². The number of unbranched alkanes of at least 4 members (excludes halogenated alkanes) is 1. The number of piperidine rings is 1. The Morgan fingerprint density at radius 2 is 1.91 bits per heavy atom. The van der Waals surface area contributed by atoms with E-state index >= 15 is 0 Å². The van der Waals surface area contributed by atoms with E-state index in [1.807, 2.05) is 23.5 Å². The molecule has 1 atom stereocenters. The fraction of sp³-hybridized carbons (Fsp3) is 0.577. The predicted octanol–water partition coefficient (Wildman–Crippen LogP) is 4.43. The summed E-state index contributed by atoms with van der Waals surface area (Å²) in [5.41, 5.74) is 2.28. The number of carbonyl (C=O) groups excluding carboxylic acids is 1. The number of benzene rings is 1. The van der Waals surface area contributed by atoms with Gasteiger partial charge in [-0.05, 0) is 92.2 Å². The van der Waals surface area contributed by atoms with Crippen LogP contribution in [-0.4, -0.2) is 62.7 Å². The van der Waals surface area contributed by atoms with E-state index in [0.717, 1.165) is 37.4 Å². The third-order valence-electron chi connectivity index (χ3n) is 6.86. The van der Waals surface area contributed by atoms with Crippen LogP contribution in [0.5, 0.6) is 11.5 Å². The fourth-order valence-electron chi connectivity index (χ4n) is 5.11. The van der Waals surface area contributed by atoms with E-state index in [0.29, 0.717) is 18.1 Å². The highest BCUT2D eigenvalue weighted by atomic mass is 32.1. The first-order chi connectivity index (χ1) is 15.7. The zero-order valence-corrected chi connectivity index (χ0v) is 20.3.